The number of benzene rings is 1. The summed E-state index contributed by atoms with van der Waals surface area (Å²) in [5, 5.41) is 0. The molecule has 0 atom stereocenters. The van der Waals surface area contributed by atoms with Gasteiger partial charge in [-0.1, -0.05) is 0 Å². The fraction of sp³-hybridized carbons (Fsp3) is 0.533. The van der Waals surface area contributed by atoms with Crippen molar-refractivity contribution >= 4 is 11.0 Å². The Morgan fingerprint density at radius 2 is 1.76 bits per heavy atom. The first-order valence-electron chi connectivity index (χ1n) is 7.28. The van der Waals surface area contributed by atoms with E-state index in [-0.39, 0.29) is 18.8 Å². The SMILES string of the molecule is FC1(F)CCC(c2nc3cc4c(cc3[nH]2)OCCO4)CC1. The monoisotopic (exact) mass is 294 g/mol. The Hall–Kier alpha value is -1.85. The van der Waals surface area contributed by atoms with Crippen molar-refractivity contribution in [2.75, 3.05) is 13.2 Å². The van der Waals surface area contributed by atoms with Crippen LogP contribution in [0, 0.1) is 0 Å². The highest BCUT2D eigenvalue weighted by atomic mass is 19.3. The lowest BCUT2D eigenvalue weighted by Crippen LogP contribution is -2.24. The zero-order chi connectivity index (χ0) is 14.4. The van der Waals surface area contributed by atoms with E-state index in [2.05, 4.69) is 9.97 Å². The molecule has 1 aliphatic carbocycles. The third kappa shape index (κ3) is 2.32. The van der Waals surface area contributed by atoms with Crippen LogP contribution in [0.4, 0.5) is 8.78 Å². The van der Waals surface area contributed by atoms with Crippen LogP contribution in [0.5, 0.6) is 11.5 Å². The van der Waals surface area contributed by atoms with E-state index in [0.29, 0.717) is 37.6 Å². The van der Waals surface area contributed by atoms with Crippen LogP contribution in [0.3, 0.4) is 0 Å². The van der Waals surface area contributed by atoms with Gasteiger partial charge in [-0.05, 0) is 12.8 Å². The number of imidazole rings is 1. The Morgan fingerprint density at radius 3 is 2.48 bits per heavy atom. The molecule has 112 valence electrons. The summed E-state index contributed by atoms with van der Waals surface area (Å²) in [6.07, 6.45) is 0.827. The second-order valence-corrected chi connectivity index (χ2v) is 5.77. The van der Waals surface area contributed by atoms with E-state index in [1.165, 1.54) is 0 Å². The van der Waals surface area contributed by atoms with E-state index in [1.807, 2.05) is 12.1 Å². The number of nitrogens with one attached hydrogen (secondary N) is 1. The number of fused-ring (bicyclic) bond motifs is 2. The first kappa shape index (κ1) is 12.9. The van der Waals surface area contributed by atoms with Crippen molar-refractivity contribution in [2.45, 2.75) is 37.5 Å². The van der Waals surface area contributed by atoms with E-state index in [1.54, 1.807) is 0 Å². The number of nitrogens with zero attached hydrogens (tertiary/aromatic N) is 1. The maximum atomic E-state index is 13.2. The molecule has 2 heterocycles. The molecule has 1 aromatic carbocycles. The molecule has 0 spiro atoms. The molecule has 1 fully saturated rings. The van der Waals surface area contributed by atoms with Gasteiger partial charge in [-0.25, -0.2) is 13.8 Å². The summed E-state index contributed by atoms with van der Waals surface area (Å²) in [7, 11) is 0. The van der Waals surface area contributed by atoms with Crippen molar-refractivity contribution in [3.8, 4) is 11.5 Å². The van der Waals surface area contributed by atoms with Crippen LogP contribution >= 0.6 is 0 Å². The molecule has 1 N–H and O–H groups in total. The summed E-state index contributed by atoms with van der Waals surface area (Å²) >= 11 is 0. The Labute approximate surface area is 120 Å². The van der Waals surface area contributed by atoms with Crippen molar-refractivity contribution in [1.82, 2.24) is 9.97 Å². The smallest absolute Gasteiger partial charge is 0.248 e. The Morgan fingerprint density at radius 1 is 1.10 bits per heavy atom. The van der Waals surface area contributed by atoms with Gasteiger partial charge in [0.25, 0.3) is 0 Å². The minimum absolute atomic E-state index is 0.0581. The molecule has 6 heteroatoms. The highest BCUT2D eigenvalue weighted by Crippen LogP contribution is 2.41. The number of ether oxygens (including phenoxy) is 2. The number of hydrogen-bond donors (Lipinski definition) is 1. The molecular formula is C15H16F2N2O2. The van der Waals surface area contributed by atoms with Crippen LogP contribution in [-0.2, 0) is 0 Å². The number of hydrogen-bond acceptors (Lipinski definition) is 3. The molecule has 21 heavy (non-hydrogen) atoms. The third-order valence-electron chi connectivity index (χ3n) is 4.27. The molecule has 1 saturated carbocycles. The van der Waals surface area contributed by atoms with Crippen molar-refractivity contribution in [3.05, 3.63) is 18.0 Å². The third-order valence-corrected chi connectivity index (χ3v) is 4.27. The molecule has 0 unspecified atom stereocenters. The molecule has 0 saturated heterocycles. The quantitative estimate of drug-likeness (QED) is 0.873. The molecule has 4 nitrogen and oxygen atoms in total. The normalized spacial score (nSPS) is 21.6. The van der Waals surface area contributed by atoms with Crippen molar-refractivity contribution in [1.29, 1.82) is 0 Å². The van der Waals surface area contributed by atoms with Crippen LogP contribution in [0.15, 0.2) is 12.1 Å². The van der Waals surface area contributed by atoms with Gasteiger partial charge in [0.05, 0.1) is 11.0 Å². The number of rotatable bonds is 1. The lowest BCUT2D eigenvalue weighted by Gasteiger charge is -2.26. The summed E-state index contributed by atoms with van der Waals surface area (Å²) in [5.74, 6) is -0.233. The predicted octanol–water partition coefficient (Wildman–Crippen LogP) is 3.63. The zero-order valence-corrected chi connectivity index (χ0v) is 11.5. The highest BCUT2D eigenvalue weighted by molar-refractivity contribution is 5.80. The molecule has 4 rings (SSSR count). The second-order valence-electron chi connectivity index (χ2n) is 5.77. The Bertz CT molecular complexity index is 631. The molecular weight excluding hydrogens is 278 g/mol. The van der Waals surface area contributed by atoms with E-state index in [4.69, 9.17) is 9.47 Å². The van der Waals surface area contributed by atoms with Crippen molar-refractivity contribution < 1.29 is 18.3 Å². The van der Waals surface area contributed by atoms with Gasteiger partial charge < -0.3 is 14.5 Å². The molecule has 2 aliphatic rings. The van der Waals surface area contributed by atoms with Gasteiger partial charge >= 0.3 is 0 Å². The largest absolute Gasteiger partial charge is 0.486 e. The Balaban J connectivity index is 1.65. The first-order valence-corrected chi connectivity index (χ1v) is 7.28. The van der Waals surface area contributed by atoms with Gasteiger partial charge in [0.1, 0.15) is 19.0 Å². The first-order chi connectivity index (χ1) is 10.1. The lowest BCUT2D eigenvalue weighted by atomic mass is 9.86. The van der Waals surface area contributed by atoms with E-state index in [0.717, 1.165) is 16.9 Å². The predicted molar refractivity (Wildman–Crippen MR) is 73.2 cm³/mol. The van der Waals surface area contributed by atoms with Gasteiger partial charge in [0.2, 0.25) is 5.92 Å². The molecule has 2 aromatic rings. The number of aromatic nitrogens is 2. The second kappa shape index (κ2) is 4.58. The zero-order valence-electron chi connectivity index (χ0n) is 11.5. The molecule has 0 radical (unpaired) electrons. The van der Waals surface area contributed by atoms with Crippen LogP contribution < -0.4 is 9.47 Å². The van der Waals surface area contributed by atoms with Crippen LogP contribution in [-0.4, -0.2) is 29.1 Å². The summed E-state index contributed by atoms with van der Waals surface area (Å²) < 4.78 is 37.6. The van der Waals surface area contributed by atoms with E-state index in [9.17, 15) is 8.78 Å². The van der Waals surface area contributed by atoms with Gasteiger partial charge in [-0.3, -0.25) is 0 Å². The maximum absolute atomic E-state index is 13.2. The lowest BCUT2D eigenvalue weighted by molar-refractivity contribution is -0.0387. The van der Waals surface area contributed by atoms with E-state index >= 15 is 0 Å². The van der Waals surface area contributed by atoms with Crippen LogP contribution in [0.25, 0.3) is 11.0 Å². The fourth-order valence-corrected chi connectivity index (χ4v) is 3.07. The van der Waals surface area contributed by atoms with Crippen LogP contribution in [0.1, 0.15) is 37.4 Å². The summed E-state index contributed by atoms with van der Waals surface area (Å²) in [6, 6.07) is 3.72. The summed E-state index contributed by atoms with van der Waals surface area (Å²) in [6.45, 7) is 1.07. The molecule has 0 amide bonds. The number of halogens is 2. The number of alkyl halides is 2. The topological polar surface area (TPSA) is 47.1 Å². The fourth-order valence-electron chi connectivity index (χ4n) is 3.07. The summed E-state index contributed by atoms with van der Waals surface area (Å²) in [5.41, 5.74) is 1.66. The average molecular weight is 294 g/mol. The van der Waals surface area contributed by atoms with Gasteiger partial charge in [0, 0.05) is 30.9 Å². The molecule has 1 aliphatic heterocycles. The van der Waals surface area contributed by atoms with Gasteiger partial charge in [-0.15, -0.1) is 0 Å². The minimum Gasteiger partial charge on any atom is -0.486 e. The average Bonchev–Trinajstić information content (AvgIpc) is 2.87. The van der Waals surface area contributed by atoms with Crippen molar-refractivity contribution in [3.63, 3.8) is 0 Å². The summed E-state index contributed by atoms with van der Waals surface area (Å²) in [4.78, 5) is 7.81. The number of aromatic amines is 1. The standard InChI is InChI=1S/C15H16F2N2O2/c16-15(17)3-1-9(2-4-15)14-18-10-7-12-13(8-11(10)19-14)21-6-5-20-12/h7-9H,1-6H2,(H,18,19). The van der Waals surface area contributed by atoms with Gasteiger partial charge in [0.15, 0.2) is 11.5 Å². The maximum Gasteiger partial charge on any atom is 0.248 e. The van der Waals surface area contributed by atoms with Crippen molar-refractivity contribution in [2.24, 2.45) is 0 Å². The number of H-pyrrole nitrogens is 1. The van der Waals surface area contributed by atoms with Gasteiger partial charge in [-0.2, -0.15) is 0 Å². The molecule has 1 aromatic heterocycles. The highest BCUT2D eigenvalue weighted by Gasteiger charge is 2.36. The van der Waals surface area contributed by atoms with E-state index < -0.39 is 5.92 Å². The molecule has 0 bridgehead atoms. The minimum atomic E-state index is -2.51. The van der Waals surface area contributed by atoms with Crippen LogP contribution in [0.2, 0.25) is 0 Å². The Kier molecular flexibility index (Phi) is 2.80.